The molecule has 6 rings (SSSR count). The van der Waals surface area contributed by atoms with Crippen molar-refractivity contribution in [1.29, 1.82) is 0 Å². The number of benzene rings is 1. The molecule has 2 aliphatic carbocycles. The normalized spacial score (nSPS) is 28.1. The molecule has 2 amide bonds. The minimum Gasteiger partial charge on any atom is -0.460 e. The first-order valence-corrected chi connectivity index (χ1v) is 20.9. The van der Waals surface area contributed by atoms with Gasteiger partial charge in [-0.2, -0.15) is 4.98 Å². The van der Waals surface area contributed by atoms with E-state index in [4.69, 9.17) is 14.5 Å². The van der Waals surface area contributed by atoms with Gasteiger partial charge in [0, 0.05) is 29.3 Å². The number of hydrogen-bond acceptors (Lipinski definition) is 9. The summed E-state index contributed by atoms with van der Waals surface area (Å²) in [4.78, 5) is 62.2. The zero-order chi connectivity index (χ0) is 37.6. The number of amides is 2. The van der Waals surface area contributed by atoms with Gasteiger partial charge in [0.15, 0.2) is 5.78 Å². The van der Waals surface area contributed by atoms with Gasteiger partial charge in [-0.25, -0.2) is 8.42 Å². The van der Waals surface area contributed by atoms with Crippen LogP contribution in [-0.4, -0.2) is 76.0 Å². The fourth-order valence-electron chi connectivity index (χ4n) is 7.70. The van der Waals surface area contributed by atoms with Crippen molar-refractivity contribution >= 4 is 60.6 Å². The summed E-state index contributed by atoms with van der Waals surface area (Å²) >= 11 is 3.59. The molecule has 1 N–H and O–H groups in total. The Morgan fingerprint density at radius 2 is 1.87 bits per heavy atom. The molecule has 5 atom stereocenters. The smallest absolute Gasteiger partial charge is 0.307 e. The fourth-order valence-corrected chi connectivity index (χ4v) is 9.53. The molecule has 0 unspecified atom stereocenters. The highest BCUT2D eigenvalue weighted by atomic mass is 79.9. The number of Topliss-reactive ketones (excluding diaryl/α,β-unsaturated/α-hetero) is 1. The zero-order valence-electron chi connectivity index (χ0n) is 30.7. The molecule has 4 aliphatic rings. The number of nitrogens with one attached hydrogen (secondary N) is 1. The molecule has 12 nitrogen and oxygen atoms in total. The Bertz CT molecular complexity index is 1860. The average molecular weight is 804 g/mol. The molecule has 0 radical (unpaired) electrons. The van der Waals surface area contributed by atoms with E-state index in [0.717, 1.165) is 34.8 Å². The van der Waals surface area contributed by atoms with Crippen molar-refractivity contribution in [1.82, 2.24) is 19.2 Å². The zero-order valence-corrected chi connectivity index (χ0v) is 33.1. The van der Waals surface area contributed by atoms with Gasteiger partial charge in [0.25, 0.3) is 6.01 Å². The summed E-state index contributed by atoms with van der Waals surface area (Å²) in [7, 11) is -3.83. The van der Waals surface area contributed by atoms with Crippen LogP contribution in [0.3, 0.4) is 0 Å². The molecule has 2 aliphatic heterocycles. The average Bonchev–Trinajstić information content (AvgIpc) is 3.94. The summed E-state index contributed by atoms with van der Waals surface area (Å²) < 4.78 is 43.0. The molecule has 1 saturated heterocycles. The number of allylic oxidation sites excluding steroid dienone is 2. The third kappa shape index (κ3) is 8.42. The van der Waals surface area contributed by atoms with Gasteiger partial charge >= 0.3 is 5.97 Å². The Morgan fingerprint density at radius 3 is 2.56 bits per heavy atom. The minimum atomic E-state index is -3.83. The first kappa shape index (κ1) is 38.5. The lowest BCUT2D eigenvalue weighted by Gasteiger charge is -2.29. The monoisotopic (exact) mass is 802 g/mol. The molecule has 0 bridgehead atoms. The molecule has 1 aromatic carbocycles. The number of carbonyl (C=O) groups excluding carboxylic acids is 4. The van der Waals surface area contributed by atoms with Crippen molar-refractivity contribution in [3.63, 3.8) is 0 Å². The standard InChI is InChI=1S/C38H51BrN4O8S/c1-23(2)43-29-15-11-14-28(39)33(29)40-36(43)50-26-19-30-31(44)21-38(35(47)41-52(48,49)27-16-17-27)20-25(38)13-10-8-6-7-9-12-24(34(46)42(30)22-26)18-32(45)51-37(3,4)5/h10-11,13-15,23-27,30H,6-9,12,16-22H2,1-5H3,(H,41,47)/b13-10-/t24-,25+,26-,30+,38-/m1/s1. The largest absolute Gasteiger partial charge is 0.460 e. The van der Waals surface area contributed by atoms with Gasteiger partial charge in [-0.15, -0.1) is 0 Å². The maximum atomic E-state index is 14.6. The predicted octanol–water partition coefficient (Wildman–Crippen LogP) is 6.17. The van der Waals surface area contributed by atoms with Crippen LogP contribution in [0.2, 0.25) is 0 Å². The molecule has 2 aromatic rings. The molecule has 0 spiro atoms. The third-order valence-electron chi connectivity index (χ3n) is 10.6. The van der Waals surface area contributed by atoms with Crippen LogP contribution in [0.1, 0.15) is 111 Å². The van der Waals surface area contributed by atoms with Gasteiger partial charge in [-0.1, -0.05) is 31.1 Å². The summed E-state index contributed by atoms with van der Waals surface area (Å²) in [5.74, 6) is -2.81. The van der Waals surface area contributed by atoms with Crippen LogP contribution >= 0.6 is 15.9 Å². The van der Waals surface area contributed by atoms with E-state index in [-0.39, 0.29) is 49.5 Å². The SMILES string of the molecule is CC(C)n1c(O[C@@H]2C[C@H]3C(=O)C[C@]4(C(=O)NS(=O)(=O)C5CC5)C[C@@H]4/C=C\CCCCC[C@H](CC(=O)OC(C)(C)C)C(=O)N3C2)nc2c(Br)cccc21. The van der Waals surface area contributed by atoms with Crippen LogP contribution < -0.4 is 9.46 Å². The van der Waals surface area contributed by atoms with Gasteiger partial charge < -0.3 is 14.4 Å². The second-order valence-corrected chi connectivity index (χ2v) is 19.1. The Kier molecular flexibility index (Phi) is 11.0. The number of esters is 1. The lowest BCUT2D eigenvalue weighted by molar-refractivity contribution is -0.159. The molecule has 3 heterocycles. The second kappa shape index (κ2) is 14.9. The number of rotatable bonds is 8. The summed E-state index contributed by atoms with van der Waals surface area (Å²) in [6.45, 7) is 9.48. The summed E-state index contributed by atoms with van der Waals surface area (Å²) in [5.41, 5.74) is -0.349. The Balaban J connectivity index is 1.32. The van der Waals surface area contributed by atoms with Gasteiger partial charge in [0.2, 0.25) is 21.8 Å². The highest BCUT2D eigenvalue weighted by Gasteiger charge is 2.61. The molecule has 2 saturated carbocycles. The number of carbonyl (C=O) groups is 4. The van der Waals surface area contributed by atoms with Gasteiger partial charge in [0.1, 0.15) is 17.2 Å². The van der Waals surface area contributed by atoms with Crippen LogP contribution in [0, 0.1) is 17.3 Å². The molecular formula is C38H51BrN4O8S. The van der Waals surface area contributed by atoms with Gasteiger partial charge in [0.05, 0.1) is 35.2 Å². The highest BCUT2D eigenvalue weighted by molar-refractivity contribution is 9.10. The maximum Gasteiger partial charge on any atom is 0.307 e. The van der Waals surface area contributed by atoms with Crippen molar-refractivity contribution < 1.29 is 37.1 Å². The van der Waals surface area contributed by atoms with E-state index >= 15 is 0 Å². The van der Waals surface area contributed by atoms with Crippen molar-refractivity contribution in [2.45, 2.75) is 134 Å². The molecule has 52 heavy (non-hydrogen) atoms. The van der Waals surface area contributed by atoms with E-state index in [0.29, 0.717) is 38.1 Å². The number of hydrogen-bond donors (Lipinski definition) is 1. The van der Waals surface area contributed by atoms with Crippen molar-refractivity contribution in [2.24, 2.45) is 17.3 Å². The fraction of sp³-hybridized carbons (Fsp3) is 0.658. The maximum absolute atomic E-state index is 14.6. The number of ether oxygens (including phenoxy) is 2. The van der Waals surface area contributed by atoms with Crippen molar-refractivity contribution in [2.75, 3.05) is 6.54 Å². The summed E-state index contributed by atoms with van der Waals surface area (Å²) in [5, 5.41) is -0.586. The van der Waals surface area contributed by atoms with E-state index in [1.165, 1.54) is 4.90 Å². The topological polar surface area (TPSA) is 154 Å². The van der Waals surface area contributed by atoms with Gasteiger partial charge in [-0.05, 0) is 107 Å². The van der Waals surface area contributed by atoms with E-state index in [1.54, 1.807) is 20.8 Å². The minimum absolute atomic E-state index is 0.00669. The van der Waals surface area contributed by atoms with Crippen molar-refractivity contribution in [3.8, 4) is 6.01 Å². The summed E-state index contributed by atoms with van der Waals surface area (Å²) in [6.07, 6.45) is 8.10. The van der Waals surface area contributed by atoms with E-state index in [2.05, 4.69) is 20.7 Å². The van der Waals surface area contributed by atoms with Crippen LogP contribution in [0.4, 0.5) is 0 Å². The molecule has 1 aromatic heterocycles. The predicted molar refractivity (Wildman–Crippen MR) is 199 cm³/mol. The number of imidazole rings is 1. The van der Waals surface area contributed by atoms with Crippen LogP contribution in [0.15, 0.2) is 34.8 Å². The van der Waals surface area contributed by atoms with E-state index in [1.807, 2.05) is 48.8 Å². The first-order valence-electron chi connectivity index (χ1n) is 18.6. The van der Waals surface area contributed by atoms with Crippen LogP contribution in [0.5, 0.6) is 6.01 Å². The molecule has 284 valence electrons. The highest BCUT2D eigenvalue weighted by Crippen LogP contribution is 2.57. The summed E-state index contributed by atoms with van der Waals surface area (Å²) in [6, 6.07) is 5.20. The number of halogens is 1. The number of para-hydroxylation sites is 1. The lowest BCUT2D eigenvalue weighted by Crippen LogP contribution is -2.46. The Hall–Kier alpha value is -3.26. The van der Waals surface area contributed by atoms with Crippen molar-refractivity contribution in [3.05, 3.63) is 34.8 Å². The quantitative estimate of drug-likeness (QED) is 0.244. The molecule has 14 heteroatoms. The first-order chi connectivity index (χ1) is 24.5. The second-order valence-electron chi connectivity index (χ2n) is 16.3. The van der Waals surface area contributed by atoms with E-state index < -0.39 is 56.2 Å². The van der Waals surface area contributed by atoms with Gasteiger partial charge in [-0.3, -0.25) is 28.5 Å². The van der Waals surface area contributed by atoms with Crippen LogP contribution in [-0.2, 0) is 33.9 Å². The number of aromatic nitrogens is 2. The third-order valence-corrected chi connectivity index (χ3v) is 13.1. The molecular weight excluding hydrogens is 752 g/mol. The Labute approximate surface area is 314 Å². The molecule has 3 fully saturated rings. The van der Waals surface area contributed by atoms with E-state index in [9.17, 15) is 27.6 Å². The van der Waals surface area contributed by atoms with Crippen LogP contribution in [0.25, 0.3) is 11.0 Å². The number of fused-ring (bicyclic) bond motifs is 3. The lowest BCUT2D eigenvalue weighted by atomic mass is 9.90. The Morgan fingerprint density at radius 1 is 1.12 bits per heavy atom. The number of sulfonamides is 1. The number of ketones is 1. The number of nitrogens with zero attached hydrogens (tertiary/aromatic N) is 3.